The second-order valence-electron chi connectivity index (χ2n) is 6.63. The Kier molecular flexibility index (Phi) is 4.32. The number of aromatic nitrogens is 1. The van der Waals surface area contributed by atoms with E-state index in [9.17, 15) is 9.59 Å². The number of rotatable bonds is 3. The molecule has 138 valence electrons. The fourth-order valence-corrected chi connectivity index (χ4v) is 3.45. The number of amides is 1. The number of nitrogens with one attached hydrogen (secondary N) is 1. The lowest BCUT2D eigenvalue weighted by molar-refractivity contribution is -0.126. The molecule has 0 saturated heterocycles. The zero-order valence-corrected chi connectivity index (χ0v) is 15.2. The van der Waals surface area contributed by atoms with Crippen molar-refractivity contribution in [2.45, 2.75) is 19.9 Å². The van der Waals surface area contributed by atoms with E-state index in [1.165, 1.54) is 13.2 Å². The van der Waals surface area contributed by atoms with E-state index in [1.54, 1.807) is 17.0 Å². The van der Waals surface area contributed by atoms with Crippen LogP contribution in [0.5, 0.6) is 0 Å². The summed E-state index contributed by atoms with van der Waals surface area (Å²) in [6.07, 6.45) is 3.98. The molecule has 0 spiro atoms. The topological polar surface area (TPSA) is 75.5 Å². The van der Waals surface area contributed by atoms with Crippen molar-refractivity contribution in [2.75, 3.05) is 13.7 Å². The molecule has 0 saturated carbocycles. The van der Waals surface area contributed by atoms with E-state index in [0.29, 0.717) is 24.4 Å². The molecule has 3 aromatic rings. The van der Waals surface area contributed by atoms with Gasteiger partial charge in [-0.15, -0.1) is 0 Å². The molecule has 1 aliphatic rings. The normalized spacial score (nSPS) is 13.9. The van der Waals surface area contributed by atoms with Gasteiger partial charge in [-0.2, -0.15) is 0 Å². The third kappa shape index (κ3) is 3.26. The lowest BCUT2D eigenvalue weighted by Gasteiger charge is -2.26. The number of ether oxygens (including phenoxy) is 1. The van der Waals surface area contributed by atoms with Crippen molar-refractivity contribution >= 4 is 28.9 Å². The fraction of sp³-hybridized carbons (Fsp3) is 0.238. The summed E-state index contributed by atoms with van der Waals surface area (Å²) in [7, 11) is 1.37. The summed E-state index contributed by atoms with van der Waals surface area (Å²) in [6.45, 7) is 3.01. The Morgan fingerprint density at radius 2 is 2.11 bits per heavy atom. The number of nitrogens with zero attached hydrogens (tertiary/aromatic N) is 1. The highest BCUT2D eigenvalue weighted by atomic mass is 16.5. The highest BCUT2D eigenvalue weighted by molar-refractivity contribution is 5.97. The van der Waals surface area contributed by atoms with E-state index in [2.05, 4.69) is 4.98 Å². The average molecular weight is 364 g/mol. The van der Waals surface area contributed by atoms with Gasteiger partial charge in [0.1, 0.15) is 11.5 Å². The number of methoxy groups -OCH3 is 1. The molecule has 4 rings (SSSR count). The summed E-state index contributed by atoms with van der Waals surface area (Å²) in [6, 6.07) is 9.15. The van der Waals surface area contributed by atoms with E-state index >= 15 is 0 Å². The fourth-order valence-electron chi connectivity index (χ4n) is 3.45. The number of carbonyl (C=O) groups excluding carboxylic acids is 2. The number of aromatic amines is 1. The molecule has 0 radical (unpaired) electrons. The Hall–Kier alpha value is -3.28. The summed E-state index contributed by atoms with van der Waals surface area (Å²) in [5, 5.41) is 0.955. The minimum atomic E-state index is -0.368. The van der Waals surface area contributed by atoms with E-state index in [1.807, 2.05) is 31.2 Å². The monoisotopic (exact) mass is 364 g/mol. The van der Waals surface area contributed by atoms with Gasteiger partial charge in [0.25, 0.3) is 0 Å². The highest BCUT2D eigenvalue weighted by Crippen LogP contribution is 2.29. The van der Waals surface area contributed by atoms with E-state index in [4.69, 9.17) is 9.15 Å². The third-order valence-corrected chi connectivity index (χ3v) is 4.86. The first-order chi connectivity index (χ1) is 13.0. The molecule has 1 aromatic carbocycles. The van der Waals surface area contributed by atoms with Gasteiger partial charge in [-0.25, -0.2) is 4.79 Å². The van der Waals surface area contributed by atoms with Crippen molar-refractivity contribution in [1.29, 1.82) is 0 Å². The van der Waals surface area contributed by atoms with E-state index in [-0.39, 0.29) is 11.9 Å². The van der Waals surface area contributed by atoms with Gasteiger partial charge in [0, 0.05) is 47.7 Å². The van der Waals surface area contributed by atoms with Crippen molar-refractivity contribution in [2.24, 2.45) is 0 Å². The van der Waals surface area contributed by atoms with Crippen LogP contribution >= 0.6 is 0 Å². The van der Waals surface area contributed by atoms with Crippen molar-refractivity contribution in [3.05, 3.63) is 64.7 Å². The van der Waals surface area contributed by atoms with Crippen LogP contribution in [-0.4, -0.2) is 35.4 Å². The first kappa shape index (κ1) is 17.1. The molecule has 1 amide bonds. The lowest BCUT2D eigenvalue weighted by atomic mass is 10.0. The largest absolute Gasteiger partial charge is 0.465 e. The average Bonchev–Trinajstić information content (AvgIpc) is 3.27. The summed E-state index contributed by atoms with van der Waals surface area (Å²) in [5.41, 5.74) is 3.63. The molecule has 0 atom stereocenters. The Morgan fingerprint density at radius 1 is 1.26 bits per heavy atom. The maximum Gasteiger partial charge on any atom is 0.337 e. The van der Waals surface area contributed by atoms with Crippen LogP contribution in [0, 0.1) is 6.92 Å². The molecule has 0 fully saturated rings. The number of fused-ring (bicyclic) bond motifs is 3. The molecule has 6 heteroatoms. The zero-order valence-electron chi connectivity index (χ0n) is 15.2. The van der Waals surface area contributed by atoms with Crippen LogP contribution in [0.25, 0.3) is 17.0 Å². The summed E-state index contributed by atoms with van der Waals surface area (Å²) in [5.74, 6) is 1.04. The number of furan rings is 1. The molecule has 1 aliphatic heterocycles. The molecule has 1 N–H and O–H groups in total. The van der Waals surface area contributed by atoms with Gasteiger partial charge in [0.15, 0.2) is 0 Å². The predicted molar refractivity (Wildman–Crippen MR) is 101 cm³/mol. The number of aryl methyl sites for hydroxylation is 1. The number of benzene rings is 1. The lowest BCUT2D eigenvalue weighted by Crippen LogP contribution is -2.34. The van der Waals surface area contributed by atoms with Gasteiger partial charge in [-0.3, -0.25) is 4.79 Å². The zero-order chi connectivity index (χ0) is 19.0. The maximum absolute atomic E-state index is 12.6. The first-order valence-electron chi connectivity index (χ1n) is 8.80. The van der Waals surface area contributed by atoms with Crippen LogP contribution in [0.1, 0.15) is 33.1 Å². The summed E-state index contributed by atoms with van der Waals surface area (Å²) in [4.78, 5) is 29.6. The Morgan fingerprint density at radius 3 is 2.85 bits per heavy atom. The quantitative estimate of drug-likeness (QED) is 0.570. The second kappa shape index (κ2) is 6.79. The number of hydrogen-bond donors (Lipinski definition) is 1. The Bertz CT molecular complexity index is 1060. The number of esters is 1. The molecule has 2 aromatic heterocycles. The van der Waals surface area contributed by atoms with Gasteiger partial charge in [-0.05, 0) is 43.3 Å². The van der Waals surface area contributed by atoms with E-state index in [0.717, 1.165) is 34.3 Å². The van der Waals surface area contributed by atoms with Crippen molar-refractivity contribution in [3.63, 3.8) is 0 Å². The minimum absolute atomic E-state index is 0.0619. The number of carbonyl (C=O) groups is 2. The van der Waals surface area contributed by atoms with Gasteiger partial charge >= 0.3 is 5.97 Å². The predicted octanol–water partition coefficient (Wildman–Crippen LogP) is 3.45. The molecule has 6 nitrogen and oxygen atoms in total. The SMILES string of the molecule is COC(=O)c1ccc2[nH]c3c(c2c1)CN(C(=O)C=Cc1ccc(C)o1)CC3. The van der Waals surface area contributed by atoms with Gasteiger partial charge in [0.05, 0.1) is 12.7 Å². The standard InChI is InChI=1S/C21H20N2O4/c1-13-3-5-15(27-13)6-8-20(24)23-10-9-19-17(12-23)16-11-14(21(25)26-2)4-7-18(16)22-19/h3-8,11,22H,9-10,12H2,1-2H3. The second-order valence-corrected chi connectivity index (χ2v) is 6.63. The first-order valence-corrected chi connectivity index (χ1v) is 8.80. The van der Waals surface area contributed by atoms with Crippen LogP contribution in [0.3, 0.4) is 0 Å². The maximum atomic E-state index is 12.6. The molecule has 0 aliphatic carbocycles. The third-order valence-electron chi connectivity index (χ3n) is 4.86. The molecular weight excluding hydrogens is 344 g/mol. The van der Waals surface area contributed by atoms with Crippen LogP contribution in [-0.2, 0) is 22.5 Å². The number of hydrogen-bond acceptors (Lipinski definition) is 4. The van der Waals surface area contributed by atoms with E-state index < -0.39 is 0 Å². The Balaban J connectivity index is 1.58. The van der Waals surface area contributed by atoms with Crippen molar-refractivity contribution in [1.82, 2.24) is 9.88 Å². The molecule has 27 heavy (non-hydrogen) atoms. The van der Waals surface area contributed by atoms with Gasteiger partial charge in [0.2, 0.25) is 5.91 Å². The van der Waals surface area contributed by atoms with Crippen molar-refractivity contribution in [3.8, 4) is 0 Å². The van der Waals surface area contributed by atoms with Gasteiger partial charge < -0.3 is 19.0 Å². The molecule has 0 bridgehead atoms. The molecule has 3 heterocycles. The van der Waals surface area contributed by atoms with Crippen LogP contribution in [0.4, 0.5) is 0 Å². The Labute approximate surface area is 156 Å². The van der Waals surface area contributed by atoms with Crippen LogP contribution < -0.4 is 0 Å². The molecule has 0 unspecified atom stereocenters. The van der Waals surface area contributed by atoms with Crippen molar-refractivity contribution < 1.29 is 18.7 Å². The summed E-state index contributed by atoms with van der Waals surface area (Å²) < 4.78 is 10.3. The highest BCUT2D eigenvalue weighted by Gasteiger charge is 2.23. The summed E-state index contributed by atoms with van der Waals surface area (Å²) >= 11 is 0. The number of H-pyrrole nitrogens is 1. The minimum Gasteiger partial charge on any atom is -0.465 e. The van der Waals surface area contributed by atoms with Crippen LogP contribution in [0.15, 0.2) is 40.8 Å². The van der Waals surface area contributed by atoms with Crippen LogP contribution in [0.2, 0.25) is 0 Å². The van der Waals surface area contributed by atoms with Gasteiger partial charge in [-0.1, -0.05) is 0 Å². The molecular formula is C21H20N2O4. The smallest absolute Gasteiger partial charge is 0.337 e.